The van der Waals surface area contributed by atoms with Gasteiger partial charge in [0.05, 0.1) is 18.1 Å². The minimum Gasteiger partial charge on any atom is -0.294 e. The maximum Gasteiger partial charge on any atom is 0.177 e. The van der Waals surface area contributed by atoms with Crippen LogP contribution in [0, 0.1) is 20.8 Å². The summed E-state index contributed by atoms with van der Waals surface area (Å²) in [7, 11) is -2.89. The molecule has 1 heterocycles. The van der Waals surface area contributed by atoms with Crippen molar-refractivity contribution in [3.63, 3.8) is 0 Å². The molecule has 1 fully saturated rings. The van der Waals surface area contributed by atoms with Crippen LogP contribution >= 0.6 is 0 Å². The van der Waals surface area contributed by atoms with E-state index in [-0.39, 0.29) is 17.3 Å². The highest BCUT2D eigenvalue weighted by Gasteiger charge is 2.23. The molecular formula is C15H21NO3S. The summed E-state index contributed by atoms with van der Waals surface area (Å²) in [6.07, 6.45) is 0. The van der Waals surface area contributed by atoms with Crippen molar-refractivity contribution in [2.45, 2.75) is 20.8 Å². The summed E-state index contributed by atoms with van der Waals surface area (Å²) in [5, 5.41) is 0. The summed E-state index contributed by atoms with van der Waals surface area (Å²) in [5.74, 6) is 0.392. The highest BCUT2D eigenvalue weighted by Crippen LogP contribution is 2.16. The molecule has 1 aliphatic rings. The fourth-order valence-electron chi connectivity index (χ4n) is 2.46. The summed E-state index contributed by atoms with van der Waals surface area (Å²) >= 11 is 0. The number of rotatable bonds is 3. The van der Waals surface area contributed by atoms with E-state index in [1.54, 1.807) is 0 Å². The van der Waals surface area contributed by atoms with E-state index in [0.717, 1.165) is 16.7 Å². The molecule has 0 aromatic heterocycles. The van der Waals surface area contributed by atoms with Gasteiger partial charge in [-0.1, -0.05) is 6.07 Å². The summed E-state index contributed by atoms with van der Waals surface area (Å²) in [6, 6.07) is 3.97. The quantitative estimate of drug-likeness (QED) is 0.794. The molecule has 4 nitrogen and oxygen atoms in total. The molecule has 0 radical (unpaired) electrons. The molecule has 5 heteroatoms. The Kier molecular flexibility index (Phi) is 4.30. The molecule has 0 aliphatic carbocycles. The lowest BCUT2D eigenvalue weighted by Crippen LogP contribution is -2.42. The van der Waals surface area contributed by atoms with E-state index in [1.165, 1.54) is 5.56 Å². The van der Waals surface area contributed by atoms with Gasteiger partial charge in [0.1, 0.15) is 0 Å². The van der Waals surface area contributed by atoms with Crippen molar-refractivity contribution in [2.24, 2.45) is 0 Å². The van der Waals surface area contributed by atoms with Crippen LogP contribution in [-0.4, -0.2) is 50.2 Å². The topological polar surface area (TPSA) is 54.5 Å². The molecule has 0 amide bonds. The first-order valence-corrected chi connectivity index (χ1v) is 8.64. The molecule has 0 unspecified atom stereocenters. The lowest BCUT2D eigenvalue weighted by molar-refractivity contribution is 0.0935. The van der Waals surface area contributed by atoms with Crippen LogP contribution < -0.4 is 0 Å². The fourth-order valence-corrected chi connectivity index (χ4v) is 3.73. The second-order valence-electron chi connectivity index (χ2n) is 5.60. The molecule has 0 saturated carbocycles. The molecule has 1 aromatic carbocycles. The molecule has 0 spiro atoms. The molecule has 20 heavy (non-hydrogen) atoms. The van der Waals surface area contributed by atoms with E-state index >= 15 is 0 Å². The van der Waals surface area contributed by atoms with Gasteiger partial charge in [-0.3, -0.25) is 9.69 Å². The molecular weight excluding hydrogens is 274 g/mol. The van der Waals surface area contributed by atoms with Crippen LogP contribution in [0.1, 0.15) is 27.0 Å². The van der Waals surface area contributed by atoms with E-state index in [0.29, 0.717) is 19.6 Å². The van der Waals surface area contributed by atoms with Gasteiger partial charge in [-0.05, 0) is 43.5 Å². The van der Waals surface area contributed by atoms with Crippen molar-refractivity contribution < 1.29 is 13.2 Å². The number of sulfone groups is 1. The molecule has 1 saturated heterocycles. The van der Waals surface area contributed by atoms with E-state index in [9.17, 15) is 13.2 Å². The Morgan fingerprint density at radius 3 is 2.20 bits per heavy atom. The van der Waals surface area contributed by atoms with Crippen molar-refractivity contribution in [1.29, 1.82) is 0 Å². The maximum atomic E-state index is 12.4. The Morgan fingerprint density at radius 2 is 1.60 bits per heavy atom. The Morgan fingerprint density at radius 1 is 1.05 bits per heavy atom. The minimum absolute atomic E-state index is 0.0740. The van der Waals surface area contributed by atoms with Crippen LogP contribution in [0.25, 0.3) is 0 Å². The van der Waals surface area contributed by atoms with Gasteiger partial charge in [-0.2, -0.15) is 0 Å². The Hall–Kier alpha value is -1.20. The summed E-state index contributed by atoms with van der Waals surface area (Å²) in [6.45, 7) is 7.19. The predicted molar refractivity (Wildman–Crippen MR) is 80.1 cm³/mol. The summed E-state index contributed by atoms with van der Waals surface area (Å²) in [5.41, 5.74) is 4.03. The molecule has 1 aromatic rings. The van der Waals surface area contributed by atoms with Crippen LogP contribution in [0.15, 0.2) is 12.1 Å². The molecule has 0 atom stereocenters. The molecule has 1 aliphatic heterocycles. The molecule has 110 valence electrons. The minimum atomic E-state index is -2.89. The van der Waals surface area contributed by atoms with Crippen molar-refractivity contribution in [2.75, 3.05) is 31.1 Å². The summed E-state index contributed by atoms with van der Waals surface area (Å²) < 4.78 is 22.8. The maximum absolute atomic E-state index is 12.4. The number of hydrogen-bond donors (Lipinski definition) is 0. The van der Waals surface area contributed by atoms with Crippen LogP contribution in [0.4, 0.5) is 0 Å². The second-order valence-corrected chi connectivity index (χ2v) is 7.91. The fraction of sp³-hybridized carbons (Fsp3) is 0.533. The van der Waals surface area contributed by atoms with E-state index in [4.69, 9.17) is 0 Å². The predicted octanol–water partition coefficient (Wildman–Crippen LogP) is 1.52. The number of hydrogen-bond acceptors (Lipinski definition) is 4. The lowest BCUT2D eigenvalue weighted by Gasteiger charge is -2.26. The second kappa shape index (κ2) is 5.66. The number of carbonyl (C=O) groups excluding carboxylic acids is 1. The van der Waals surface area contributed by atoms with E-state index in [1.807, 2.05) is 37.8 Å². The van der Waals surface area contributed by atoms with Crippen LogP contribution in [-0.2, 0) is 9.84 Å². The van der Waals surface area contributed by atoms with E-state index < -0.39 is 9.84 Å². The van der Waals surface area contributed by atoms with Gasteiger partial charge in [-0.25, -0.2) is 8.42 Å². The Balaban J connectivity index is 2.08. The van der Waals surface area contributed by atoms with Crippen LogP contribution in [0.5, 0.6) is 0 Å². The third kappa shape index (κ3) is 3.46. The van der Waals surface area contributed by atoms with Crippen molar-refractivity contribution >= 4 is 15.6 Å². The number of carbonyl (C=O) groups is 1. The first-order valence-electron chi connectivity index (χ1n) is 6.82. The van der Waals surface area contributed by atoms with Gasteiger partial charge < -0.3 is 0 Å². The van der Waals surface area contributed by atoms with Gasteiger partial charge in [0.15, 0.2) is 15.6 Å². The number of ketones is 1. The zero-order valence-corrected chi connectivity index (χ0v) is 13.1. The number of aryl methyl sites for hydroxylation is 3. The van der Waals surface area contributed by atoms with Crippen molar-refractivity contribution in [3.8, 4) is 0 Å². The Bertz CT molecular complexity index is 621. The zero-order valence-electron chi connectivity index (χ0n) is 12.3. The van der Waals surface area contributed by atoms with Gasteiger partial charge in [0.25, 0.3) is 0 Å². The van der Waals surface area contributed by atoms with Gasteiger partial charge in [-0.15, -0.1) is 0 Å². The smallest absolute Gasteiger partial charge is 0.177 e. The molecule has 0 bridgehead atoms. The first kappa shape index (κ1) is 15.2. The van der Waals surface area contributed by atoms with Gasteiger partial charge >= 0.3 is 0 Å². The average molecular weight is 295 g/mol. The average Bonchev–Trinajstić information content (AvgIpc) is 2.36. The zero-order chi connectivity index (χ0) is 14.9. The SMILES string of the molecule is Cc1cc(C)c(C(=O)CN2CCS(=O)(=O)CC2)cc1C. The highest BCUT2D eigenvalue weighted by molar-refractivity contribution is 7.91. The highest BCUT2D eigenvalue weighted by atomic mass is 32.2. The van der Waals surface area contributed by atoms with Crippen molar-refractivity contribution in [1.82, 2.24) is 4.90 Å². The number of Topliss-reactive ketones (excluding diaryl/α,β-unsaturated/α-hetero) is 1. The lowest BCUT2D eigenvalue weighted by atomic mass is 9.98. The molecule has 2 rings (SSSR count). The standard InChI is InChI=1S/C15H21NO3S/c1-11-8-13(3)14(9-12(11)2)15(17)10-16-4-6-20(18,19)7-5-16/h8-9H,4-7,10H2,1-3H3. The molecule has 0 N–H and O–H groups in total. The van der Waals surface area contributed by atoms with E-state index in [2.05, 4.69) is 0 Å². The third-order valence-corrected chi connectivity index (χ3v) is 5.55. The number of benzene rings is 1. The number of nitrogens with zero attached hydrogens (tertiary/aromatic N) is 1. The van der Waals surface area contributed by atoms with Crippen molar-refractivity contribution in [3.05, 3.63) is 34.4 Å². The van der Waals surface area contributed by atoms with Gasteiger partial charge in [0, 0.05) is 18.7 Å². The summed E-state index contributed by atoms with van der Waals surface area (Å²) in [4.78, 5) is 14.3. The monoisotopic (exact) mass is 295 g/mol. The van der Waals surface area contributed by atoms with Gasteiger partial charge in [0.2, 0.25) is 0 Å². The van der Waals surface area contributed by atoms with Crippen LogP contribution in [0.2, 0.25) is 0 Å². The first-order chi connectivity index (χ1) is 9.28. The third-order valence-electron chi connectivity index (χ3n) is 3.95. The van der Waals surface area contributed by atoms with Crippen LogP contribution in [0.3, 0.4) is 0 Å². The largest absolute Gasteiger partial charge is 0.294 e. The normalized spacial score (nSPS) is 18.9. The Labute approximate surface area is 120 Å².